The summed E-state index contributed by atoms with van der Waals surface area (Å²) in [5.74, 6) is -0.328. The summed E-state index contributed by atoms with van der Waals surface area (Å²) in [7, 11) is 1.40. The van der Waals surface area contributed by atoms with Gasteiger partial charge in [-0.2, -0.15) is 0 Å². The zero-order valence-corrected chi connectivity index (χ0v) is 48.2. The van der Waals surface area contributed by atoms with E-state index in [0.29, 0.717) is 5.56 Å². The van der Waals surface area contributed by atoms with Gasteiger partial charge in [-0.25, -0.2) is 4.79 Å². The van der Waals surface area contributed by atoms with Gasteiger partial charge >= 0.3 is 29.0 Å². The fourth-order valence-corrected chi connectivity index (χ4v) is 10.3. The van der Waals surface area contributed by atoms with E-state index in [0.717, 1.165) is 65.2 Å². The van der Waals surface area contributed by atoms with Gasteiger partial charge in [0, 0.05) is 32.0 Å². The van der Waals surface area contributed by atoms with E-state index in [9.17, 15) is 9.90 Å². The second-order valence-corrected chi connectivity index (χ2v) is 20.6. The first kappa shape index (κ1) is 56.7. The molecular weight excluding hydrogens is 1140 g/mol. The van der Waals surface area contributed by atoms with Crippen molar-refractivity contribution in [2.24, 2.45) is 0 Å². The van der Waals surface area contributed by atoms with Gasteiger partial charge in [0.15, 0.2) is 0 Å². The van der Waals surface area contributed by atoms with Crippen LogP contribution < -0.4 is 17.0 Å². The maximum Gasteiger partial charge on any atom is 2.00 e. The summed E-state index contributed by atoms with van der Waals surface area (Å²) in [6.07, 6.45) is 2.56. The topological polar surface area (TPSA) is 55.8 Å². The number of hydrogen-bond acceptors (Lipinski definition) is 4. The summed E-state index contributed by atoms with van der Waals surface area (Å²) >= 11 is 10.6. The van der Waals surface area contributed by atoms with Crippen LogP contribution in [0.3, 0.4) is 0 Å². The van der Waals surface area contributed by atoms with Gasteiger partial charge in [-0.15, -0.1) is 0 Å². The van der Waals surface area contributed by atoms with Crippen molar-refractivity contribution >= 4 is 109 Å². The third-order valence-electron chi connectivity index (χ3n) is 12.5. The Bertz CT molecular complexity index is 3230. The number of esters is 1. The van der Waals surface area contributed by atoms with Crippen LogP contribution in [0.15, 0.2) is 189 Å². The predicted molar refractivity (Wildman–Crippen MR) is 302 cm³/mol. The minimum absolute atomic E-state index is 0. The van der Waals surface area contributed by atoms with Crippen molar-refractivity contribution in [2.45, 2.75) is 51.6 Å². The van der Waals surface area contributed by atoms with Crippen LogP contribution in [0.2, 0.25) is 0 Å². The number of methoxy groups -OCH3 is 1. The molecule has 354 valence electrons. The minimum atomic E-state index is -0.882. The van der Waals surface area contributed by atoms with Gasteiger partial charge in [0.2, 0.25) is 0 Å². The van der Waals surface area contributed by atoms with Crippen LogP contribution in [0, 0.1) is 7.43 Å². The number of carbonyl (C=O) groups is 1. The molecule has 9 heteroatoms. The Labute approximate surface area is 465 Å². The molecule has 1 aliphatic carbocycles. The Hall–Kier alpha value is -4.16. The van der Waals surface area contributed by atoms with E-state index in [1.807, 2.05) is 74.5 Å². The summed E-state index contributed by atoms with van der Waals surface area (Å²) in [6.45, 7) is 10.3. The van der Waals surface area contributed by atoms with E-state index < -0.39 is 5.60 Å². The fourth-order valence-electron chi connectivity index (χ4n) is 9.23. The Kier molecular flexibility index (Phi) is 20.3. The summed E-state index contributed by atoms with van der Waals surface area (Å²) in [5.41, 5.74) is 10.4. The molecule has 9 aromatic carbocycles. The fraction of sp³-hybridized carbons (Fsp3) is 0.180. The van der Waals surface area contributed by atoms with Gasteiger partial charge in [0.05, 0.1) is 18.3 Å². The first-order valence-corrected chi connectivity index (χ1v) is 24.9. The minimum Gasteiger partial charge on any atom is -1.00 e. The SMILES string of the molecule is C1CCOC1.CC(C)(O)c1ccc(Br)cc1-c1cccc2ccccc12.CC1(C)c2ccc(Br)cc2-c2c1ccc1ccccc21.COC(=O)c1ccc(Br)cc1-c1cccc2ccccc12.[Br-].[CH3-].[Mg+2]. The van der Waals surface area contributed by atoms with Gasteiger partial charge in [0.25, 0.3) is 0 Å². The Morgan fingerprint density at radius 3 is 1.53 bits per heavy atom. The first-order valence-electron chi connectivity index (χ1n) is 22.5. The molecule has 1 N–H and O–H groups in total. The molecule has 1 fully saturated rings. The molecule has 0 spiro atoms. The summed E-state index contributed by atoms with van der Waals surface area (Å²) in [4.78, 5) is 12.0. The molecule has 0 atom stereocenters. The second-order valence-electron chi connectivity index (χ2n) is 17.8. The Morgan fingerprint density at radius 1 is 0.557 bits per heavy atom. The molecule has 9 aromatic rings. The van der Waals surface area contributed by atoms with Crippen LogP contribution in [0.25, 0.3) is 65.7 Å². The van der Waals surface area contributed by atoms with Crippen LogP contribution in [0.5, 0.6) is 0 Å². The third-order valence-corrected chi connectivity index (χ3v) is 14.0. The average molecular weight is 1200 g/mol. The molecule has 1 saturated heterocycles. The third kappa shape index (κ3) is 12.5. The van der Waals surface area contributed by atoms with E-state index in [-0.39, 0.29) is 58.8 Å². The molecule has 1 heterocycles. The largest absolute Gasteiger partial charge is 2.00 e. The van der Waals surface area contributed by atoms with Crippen molar-refractivity contribution in [3.8, 4) is 33.4 Å². The van der Waals surface area contributed by atoms with Gasteiger partial charge in [-0.1, -0.05) is 195 Å². The Morgan fingerprint density at radius 2 is 1.00 bits per heavy atom. The number of aliphatic hydroxyl groups is 1. The zero-order chi connectivity index (χ0) is 47.3. The number of halogens is 4. The normalized spacial score (nSPS) is 12.8. The number of carbonyl (C=O) groups excluding carboxylic acids is 1. The maximum absolute atomic E-state index is 12.0. The molecule has 4 nitrogen and oxygen atoms in total. The number of ether oxygens (including phenoxy) is 2. The van der Waals surface area contributed by atoms with Crippen molar-refractivity contribution < 1.29 is 36.4 Å². The molecule has 1 aliphatic heterocycles. The monoisotopic (exact) mass is 1190 g/mol. The van der Waals surface area contributed by atoms with E-state index in [1.165, 1.54) is 63.8 Å². The van der Waals surface area contributed by atoms with Crippen LogP contribution in [0.4, 0.5) is 0 Å². The standard InChI is InChI=1S/C19H17BrO.C19H15Br.C18H13BrO2.C4H8O.CH3.BrH.Mg/c1-19(2,21)18-11-10-14(20)12-17(18)16-9-5-7-13-6-3-4-8-15(13)16;1-19(2)16-10-8-13(20)11-15(16)18-14-6-4-3-5-12(14)7-9-17(18)19;1-21-18(20)16-10-9-13(19)11-17(16)15-8-4-6-12-5-2-3-7-14(12)15;1-2-4-5-3-1;;;/h3-12,21H,1-2H3;3-11H,1-2H3;2-11H,1H3;1-4H2;1H3;1H;/q;;;;-1;;+2/p-1. The summed E-state index contributed by atoms with van der Waals surface area (Å²) in [6, 6.07) is 60.3. The molecule has 0 aromatic heterocycles. The molecule has 70 heavy (non-hydrogen) atoms. The first-order chi connectivity index (χ1) is 32.3. The number of rotatable bonds is 4. The predicted octanol–water partition coefficient (Wildman–Crippen LogP) is 14.3. The van der Waals surface area contributed by atoms with E-state index in [2.05, 4.69) is 171 Å². The van der Waals surface area contributed by atoms with Crippen LogP contribution in [-0.4, -0.2) is 54.5 Å². The van der Waals surface area contributed by atoms with Gasteiger partial charge in [0.1, 0.15) is 0 Å². The van der Waals surface area contributed by atoms with Crippen LogP contribution in [-0.2, 0) is 20.5 Å². The van der Waals surface area contributed by atoms with Crippen molar-refractivity contribution in [3.05, 3.63) is 219 Å². The number of fused-ring (bicyclic) bond motifs is 7. The van der Waals surface area contributed by atoms with Gasteiger partial charge < -0.3 is 39.0 Å². The maximum atomic E-state index is 12.0. The smallest absolute Gasteiger partial charge is 1.00 e. The van der Waals surface area contributed by atoms with Gasteiger partial charge in [-0.05, 0) is 152 Å². The van der Waals surface area contributed by atoms with Crippen LogP contribution in [0.1, 0.15) is 67.6 Å². The van der Waals surface area contributed by atoms with Crippen molar-refractivity contribution in [1.29, 1.82) is 0 Å². The van der Waals surface area contributed by atoms with Gasteiger partial charge in [-0.3, -0.25) is 0 Å². The van der Waals surface area contributed by atoms with Crippen molar-refractivity contribution in [2.75, 3.05) is 20.3 Å². The summed E-state index contributed by atoms with van der Waals surface area (Å²) < 4.78 is 12.9. The summed E-state index contributed by atoms with van der Waals surface area (Å²) in [5, 5.41) is 17.8. The quantitative estimate of drug-likeness (QED) is 0.108. The molecule has 0 radical (unpaired) electrons. The van der Waals surface area contributed by atoms with Crippen molar-refractivity contribution in [1.82, 2.24) is 0 Å². The number of benzene rings is 9. The van der Waals surface area contributed by atoms with Crippen LogP contribution >= 0.6 is 47.8 Å². The average Bonchev–Trinajstić information content (AvgIpc) is 4.00. The van der Waals surface area contributed by atoms with E-state index >= 15 is 0 Å². The molecule has 0 amide bonds. The number of hydrogen-bond donors (Lipinski definition) is 1. The van der Waals surface area contributed by atoms with E-state index in [4.69, 9.17) is 9.47 Å². The molecule has 2 aliphatic rings. The molecular formula is C61H56Br4MgO4. The van der Waals surface area contributed by atoms with Crippen molar-refractivity contribution in [3.63, 3.8) is 0 Å². The zero-order valence-electron chi connectivity index (χ0n) is 40.5. The molecule has 11 rings (SSSR count). The second kappa shape index (κ2) is 25.0. The molecule has 0 saturated carbocycles. The molecule has 0 bridgehead atoms. The van der Waals surface area contributed by atoms with E-state index in [1.54, 1.807) is 6.07 Å². The Balaban J connectivity index is 0.000000182. The molecule has 0 unspecified atom stereocenters.